The highest BCUT2D eigenvalue weighted by molar-refractivity contribution is 6.04. The Morgan fingerprint density at radius 1 is 0.926 bits per heavy atom. The lowest BCUT2D eigenvalue weighted by Gasteiger charge is -2.18. The van der Waals surface area contributed by atoms with E-state index in [-0.39, 0.29) is 20.0 Å². The molecule has 0 fully saturated rings. The third-order valence-corrected chi connectivity index (χ3v) is 4.67. The number of aliphatic hydroxyl groups excluding tert-OH is 2. The minimum atomic E-state index is -4.44. The number of fused-ring (bicyclic) bond motifs is 3. The lowest BCUT2D eigenvalue weighted by Crippen LogP contribution is -2.04. The molecule has 0 saturated heterocycles. The highest BCUT2D eigenvalue weighted by Crippen LogP contribution is 2.46. The number of rotatable bonds is 3. The molecule has 1 heterocycles. The standard InChI is InChI=1S/C20H15F3O4/c21-20(22,23)14-4-1-11(2-5-14)17-15(9-25)13(8-24)7-12-3-6-16-19(18(12)17)27-10-26-16/h1-7,24-25H,8-10H2. The maximum atomic E-state index is 12.9. The van der Waals surface area contributed by atoms with Gasteiger partial charge in [-0.1, -0.05) is 18.2 Å². The maximum absolute atomic E-state index is 12.9. The number of halogens is 3. The van der Waals surface area contributed by atoms with E-state index in [1.54, 1.807) is 18.2 Å². The average molecular weight is 376 g/mol. The van der Waals surface area contributed by atoms with Crippen LogP contribution >= 0.6 is 0 Å². The summed E-state index contributed by atoms with van der Waals surface area (Å²) < 4.78 is 49.7. The van der Waals surface area contributed by atoms with Crippen molar-refractivity contribution in [3.63, 3.8) is 0 Å². The zero-order valence-corrected chi connectivity index (χ0v) is 14.0. The first-order valence-electron chi connectivity index (χ1n) is 8.20. The molecule has 0 saturated carbocycles. The topological polar surface area (TPSA) is 58.9 Å². The minimum absolute atomic E-state index is 0.0388. The Kier molecular flexibility index (Phi) is 4.20. The van der Waals surface area contributed by atoms with Gasteiger partial charge < -0.3 is 19.7 Å². The van der Waals surface area contributed by atoms with E-state index in [1.807, 2.05) is 0 Å². The molecule has 4 rings (SSSR count). The van der Waals surface area contributed by atoms with Crippen molar-refractivity contribution < 1.29 is 32.9 Å². The molecule has 0 aliphatic carbocycles. The molecular weight excluding hydrogens is 361 g/mol. The third kappa shape index (κ3) is 2.89. The number of alkyl halides is 3. The predicted molar refractivity (Wildman–Crippen MR) is 92.4 cm³/mol. The van der Waals surface area contributed by atoms with E-state index in [4.69, 9.17) is 9.47 Å². The van der Waals surface area contributed by atoms with Crippen LogP contribution in [0.3, 0.4) is 0 Å². The zero-order chi connectivity index (χ0) is 19.2. The maximum Gasteiger partial charge on any atom is 0.416 e. The van der Waals surface area contributed by atoms with Gasteiger partial charge in [-0.2, -0.15) is 13.2 Å². The first-order valence-corrected chi connectivity index (χ1v) is 8.20. The van der Waals surface area contributed by atoms with Gasteiger partial charge in [-0.3, -0.25) is 0 Å². The zero-order valence-electron chi connectivity index (χ0n) is 14.0. The van der Waals surface area contributed by atoms with Crippen LogP contribution in [0.25, 0.3) is 21.9 Å². The minimum Gasteiger partial charge on any atom is -0.454 e. The summed E-state index contributed by atoms with van der Waals surface area (Å²) in [5.41, 5.74) is 1.18. The molecule has 3 aromatic rings. The van der Waals surface area contributed by atoms with Crippen LogP contribution in [0.15, 0.2) is 42.5 Å². The van der Waals surface area contributed by atoms with Crippen molar-refractivity contribution in [1.29, 1.82) is 0 Å². The molecule has 1 aliphatic rings. The normalized spacial score (nSPS) is 13.4. The molecular formula is C20H15F3O4. The van der Waals surface area contributed by atoms with Gasteiger partial charge in [-0.15, -0.1) is 0 Å². The predicted octanol–water partition coefficient (Wildman–Crippen LogP) is 4.24. The number of benzene rings is 3. The Balaban J connectivity index is 2.04. The van der Waals surface area contributed by atoms with Gasteiger partial charge in [0.25, 0.3) is 0 Å². The highest BCUT2D eigenvalue weighted by Gasteiger charge is 2.30. The summed E-state index contributed by atoms with van der Waals surface area (Å²) in [6, 6.07) is 9.96. The number of ether oxygens (including phenoxy) is 2. The van der Waals surface area contributed by atoms with E-state index in [1.165, 1.54) is 12.1 Å². The van der Waals surface area contributed by atoms with E-state index in [0.717, 1.165) is 17.5 Å². The first-order chi connectivity index (χ1) is 12.9. The van der Waals surface area contributed by atoms with E-state index in [2.05, 4.69) is 0 Å². The van der Waals surface area contributed by atoms with Gasteiger partial charge in [0.2, 0.25) is 6.79 Å². The van der Waals surface area contributed by atoms with Gasteiger partial charge in [0.15, 0.2) is 11.5 Å². The smallest absolute Gasteiger partial charge is 0.416 e. The summed E-state index contributed by atoms with van der Waals surface area (Å²) in [5, 5.41) is 21.0. The van der Waals surface area contributed by atoms with Crippen LogP contribution < -0.4 is 9.47 Å². The lowest BCUT2D eigenvalue weighted by molar-refractivity contribution is -0.137. The van der Waals surface area contributed by atoms with Gasteiger partial charge >= 0.3 is 6.18 Å². The van der Waals surface area contributed by atoms with Crippen LogP contribution in [-0.4, -0.2) is 17.0 Å². The largest absolute Gasteiger partial charge is 0.454 e. The molecule has 0 spiro atoms. The molecule has 0 amide bonds. The molecule has 4 nitrogen and oxygen atoms in total. The van der Waals surface area contributed by atoms with Crippen molar-refractivity contribution in [2.75, 3.05) is 6.79 Å². The fourth-order valence-corrected chi connectivity index (χ4v) is 3.42. The van der Waals surface area contributed by atoms with Gasteiger partial charge in [0.05, 0.1) is 18.8 Å². The Hall–Kier alpha value is -2.77. The molecule has 7 heteroatoms. The Bertz CT molecular complexity index is 1010. The monoisotopic (exact) mass is 376 g/mol. The van der Waals surface area contributed by atoms with Crippen LogP contribution in [0, 0.1) is 0 Å². The van der Waals surface area contributed by atoms with Crippen molar-refractivity contribution in [2.45, 2.75) is 19.4 Å². The molecule has 1 aliphatic heterocycles. The van der Waals surface area contributed by atoms with Crippen molar-refractivity contribution in [1.82, 2.24) is 0 Å². The lowest BCUT2D eigenvalue weighted by atomic mass is 9.89. The molecule has 0 atom stereocenters. The average Bonchev–Trinajstić information content (AvgIpc) is 3.14. The quantitative estimate of drug-likeness (QED) is 0.718. The molecule has 140 valence electrons. The molecule has 0 unspecified atom stereocenters. The van der Waals surface area contributed by atoms with Crippen molar-refractivity contribution in [2.24, 2.45) is 0 Å². The van der Waals surface area contributed by atoms with E-state index >= 15 is 0 Å². The Morgan fingerprint density at radius 2 is 1.67 bits per heavy atom. The fourth-order valence-electron chi connectivity index (χ4n) is 3.42. The van der Waals surface area contributed by atoms with Crippen LogP contribution in [0.4, 0.5) is 13.2 Å². The second-order valence-electron chi connectivity index (χ2n) is 6.18. The summed E-state index contributed by atoms with van der Waals surface area (Å²) >= 11 is 0. The molecule has 0 radical (unpaired) electrons. The molecule has 0 bridgehead atoms. The van der Waals surface area contributed by atoms with Crippen LogP contribution in [0.1, 0.15) is 16.7 Å². The van der Waals surface area contributed by atoms with E-state index in [0.29, 0.717) is 39.1 Å². The second kappa shape index (κ2) is 6.44. The Labute approximate surface area is 152 Å². The SMILES string of the molecule is OCc1cc2ccc3c(c2c(-c2ccc(C(F)(F)F)cc2)c1CO)OCO3. The summed E-state index contributed by atoms with van der Waals surface area (Å²) in [7, 11) is 0. The summed E-state index contributed by atoms with van der Waals surface area (Å²) in [6.07, 6.45) is -4.44. The van der Waals surface area contributed by atoms with Crippen LogP contribution in [0.5, 0.6) is 11.5 Å². The number of hydrogen-bond acceptors (Lipinski definition) is 4. The summed E-state index contributed by atoms with van der Waals surface area (Å²) in [6.45, 7) is -0.655. The van der Waals surface area contributed by atoms with E-state index in [9.17, 15) is 23.4 Å². The second-order valence-corrected chi connectivity index (χ2v) is 6.18. The van der Waals surface area contributed by atoms with Gasteiger partial charge in [-0.05, 0) is 51.9 Å². The van der Waals surface area contributed by atoms with Crippen molar-refractivity contribution in [3.05, 3.63) is 59.2 Å². The number of hydrogen-bond donors (Lipinski definition) is 2. The highest BCUT2D eigenvalue weighted by atomic mass is 19.4. The third-order valence-electron chi connectivity index (χ3n) is 4.67. The molecule has 0 aromatic heterocycles. The van der Waals surface area contributed by atoms with Gasteiger partial charge in [-0.25, -0.2) is 0 Å². The summed E-state index contributed by atoms with van der Waals surface area (Å²) in [4.78, 5) is 0. The van der Waals surface area contributed by atoms with Crippen molar-refractivity contribution in [3.8, 4) is 22.6 Å². The van der Waals surface area contributed by atoms with Crippen LogP contribution in [0.2, 0.25) is 0 Å². The molecule has 3 aromatic carbocycles. The van der Waals surface area contributed by atoms with Gasteiger partial charge in [0, 0.05) is 5.39 Å². The molecule has 2 N–H and O–H groups in total. The van der Waals surface area contributed by atoms with Crippen molar-refractivity contribution >= 4 is 10.8 Å². The first kappa shape index (κ1) is 17.6. The van der Waals surface area contributed by atoms with Crippen LogP contribution in [-0.2, 0) is 19.4 Å². The number of aliphatic hydroxyl groups is 2. The fraction of sp³-hybridized carbons (Fsp3) is 0.200. The summed E-state index contributed by atoms with van der Waals surface area (Å²) in [5.74, 6) is 0.998. The Morgan fingerprint density at radius 3 is 2.30 bits per heavy atom. The van der Waals surface area contributed by atoms with Gasteiger partial charge in [0.1, 0.15) is 0 Å². The molecule has 27 heavy (non-hydrogen) atoms. The van der Waals surface area contributed by atoms with E-state index < -0.39 is 11.7 Å².